The molecule has 0 aromatic carbocycles. The van der Waals surface area contributed by atoms with E-state index >= 15 is 0 Å². The van der Waals surface area contributed by atoms with Gasteiger partial charge >= 0.3 is 0 Å². The molecule has 5 heteroatoms. The summed E-state index contributed by atoms with van der Waals surface area (Å²) in [5.41, 5.74) is 0.0777. The van der Waals surface area contributed by atoms with Gasteiger partial charge in [0.05, 0.1) is 17.8 Å². The quantitative estimate of drug-likeness (QED) is 0.877. The third-order valence-corrected chi connectivity index (χ3v) is 3.88. The van der Waals surface area contributed by atoms with Crippen molar-refractivity contribution in [3.63, 3.8) is 0 Å². The topological polar surface area (TPSA) is 75.4 Å². The van der Waals surface area contributed by atoms with E-state index in [9.17, 15) is 9.90 Å². The van der Waals surface area contributed by atoms with Crippen LogP contribution >= 0.6 is 0 Å². The van der Waals surface area contributed by atoms with Crippen LogP contribution < -0.4 is 5.32 Å². The van der Waals surface area contributed by atoms with Crippen molar-refractivity contribution in [3.05, 3.63) is 17.3 Å². The summed E-state index contributed by atoms with van der Waals surface area (Å²) < 4.78 is 5.33. The molecule has 1 aliphatic rings. The Morgan fingerprint density at radius 3 is 2.84 bits per heavy atom. The van der Waals surface area contributed by atoms with Crippen molar-refractivity contribution >= 4 is 5.91 Å². The lowest BCUT2D eigenvalue weighted by atomic mass is 9.77. The molecule has 19 heavy (non-hydrogen) atoms. The normalized spacial score (nSPS) is 27.3. The second-order valence-corrected chi connectivity index (χ2v) is 5.74. The molecule has 1 aromatic rings. The molecule has 2 N–H and O–H groups in total. The van der Waals surface area contributed by atoms with Crippen molar-refractivity contribution < 1.29 is 14.3 Å². The van der Waals surface area contributed by atoms with Crippen LogP contribution in [0.5, 0.6) is 0 Å². The van der Waals surface area contributed by atoms with Crippen molar-refractivity contribution in [2.24, 2.45) is 5.92 Å². The molecule has 1 amide bonds. The van der Waals surface area contributed by atoms with Crippen LogP contribution in [0.3, 0.4) is 0 Å². The molecule has 1 heterocycles. The second-order valence-electron chi connectivity index (χ2n) is 5.74. The molecule has 1 aromatic heterocycles. The number of nitrogens with zero attached hydrogens (tertiary/aromatic N) is 1. The van der Waals surface area contributed by atoms with E-state index < -0.39 is 5.54 Å². The highest BCUT2D eigenvalue weighted by Crippen LogP contribution is 2.32. The van der Waals surface area contributed by atoms with Gasteiger partial charge in [0.25, 0.3) is 5.91 Å². The Labute approximate surface area is 113 Å². The zero-order valence-corrected chi connectivity index (χ0v) is 11.8. The molecule has 5 nitrogen and oxygen atoms in total. The number of nitrogens with one attached hydrogen (secondary N) is 1. The summed E-state index contributed by atoms with van der Waals surface area (Å²) in [6.07, 6.45) is 3.79. The van der Waals surface area contributed by atoms with Crippen LogP contribution in [0.15, 0.2) is 4.42 Å². The maximum atomic E-state index is 12.3. The summed E-state index contributed by atoms with van der Waals surface area (Å²) in [6, 6.07) is 0. The average molecular weight is 266 g/mol. The van der Waals surface area contributed by atoms with Crippen molar-refractivity contribution in [2.75, 3.05) is 6.61 Å². The minimum atomic E-state index is -0.512. The van der Waals surface area contributed by atoms with Gasteiger partial charge in [0, 0.05) is 6.92 Å². The van der Waals surface area contributed by atoms with Gasteiger partial charge in [0.15, 0.2) is 5.89 Å². The van der Waals surface area contributed by atoms with Crippen LogP contribution in [0.25, 0.3) is 0 Å². The highest BCUT2D eigenvalue weighted by molar-refractivity contribution is 5.93. The maximum absolute atomic E-state index is 12.3. The Morgan fingerprint density at radius 1 is 1.58 bits per heavy atom. The number of aliphatic hydroxyl groups is 1. The molecular formula is C14H22N2O3. The average Bonchev–Trinajstić information content (AvgIpc) is 2.68. The van der Waals surface area contributed by atoms with Gasteiger partial charge in [-0.1, -0.05) is 19.8 Å². The zero-order valence-electron chi connectivity index (χ0n) is 11.8. The molecule has 1 fully saturated rings. The van der Waals surface area contributed by atoms with Crippen LogP contribution in [0.4, 0.5) is 0 Å². The summed E-state index contributed by atoms with van der Waals surface area (Å²) in [6.45, 7) is 5.59. The fourth-order valence-corrected chi connectivity index (χ4v) is 3.00. The molecular weight excluding hydrogens is 244 g/mol. The van der Waals surface area contributed by atoms with Crippen LogP contribution in [0.2, 0.25) is 0 Å². The lowest BCUT2D eigenvalue weighted by molar-refractivity contribution is 0.0672. The standard InChI is InChI=1S/C14H22N2O3/c1-9-5-4-6-14(7-9,8-17)16-13(18)12-10(2)15-11(3)19-12/h9,17H,4-8H2,1-3H3,(H,16,18). The number of oxazole rings is 1. The van der Waals surface area contributed by atoms with Crippen LogP contribution in [-0.4, -0.2) is 28.1 Å². The van der Waals surface area contributed by atoms with Crippen molar-refractivity contribution in [1.29, 1.82) is 0 Å². The van der Waals surface area contributed by atoms with E-state index in [1.165, 1.54) is 0 Å². The van der Waals surface area contributed by atoms with Gasteiger partial charge in [-0.05, 0) is 25.7 Å². The maximum Gasteiger partial charge on any atom is 0.289 e. The number of aryl methyl sites for hydroxylation is 2. The van der Waals surface area contributed by atoms with Crippen LogP contribution in [-0.2, 0) is 0 Å². The second kappa shape index (κ2) is 5.33. The number of hydrogen-bond donors (Lipinski definition) is 2. The molecule has 0 spiro atoms. The van der Waals surface area contributed by atoms with Gasteiger partial charge in [0.2, 0.25) is 5.76 Å². The lowest BCUT2D eigenvalue weighted by Gasteiger charge is -2.39. The Balaban J connectivity index is 2.14. The first-order valence-electron chi connectivity index (χ1n) is 6.83. The van der Waals surface area contributed by atoms with E-state index in [-0.39, 0.29) is 18.3 Å². The van der Waals surface area contributed by atoms with Crippen LogP contribution in [0, 0.1) is 19.8 Å². The minimum Gasteiger partial charge on any atom is -0.436 e. The molecule has 2 atom stereocenters. The third kappa shape index (κ3) is 2.97. The predicted octanol–water partition coefficient (Wildman–Crippen LogP) is 1.96. The summed E-state index contributed by atoms with van der Waals surface area (Å²) in [5.74, 6) is 0.973. The van der Waals surface area contributed by atoms with Gasteiger partial charge in [0.1, 0.15) is 0 Å². The van der Waals surface area contributed by atoms with E-state index in [4.69, 9.17) is 4.42 Å². The van der Waals surface area contributed by atoms with Crippen molar-refractivity contribution in [1.82, 2.24) is 10.3 Å². The number of aliphatic hydroxyl groups excluding tert-OH is 1. The smallest absolute Gasteiger partial charge is 0.289 e. The number of rotatable bonds is 3. The molecule has 0 aliphatic heterocycles. The number of hydrogen-bond acceptors (Lipinski definition) is 4. The number of aromatic nitrogens is 1. The Kier molecular flexibility index (Phi) is 3.94. The van der Waals surface area contributed by atoms with E-state index in [0.29, 0.717) is 17.5 Å². The van der Waals surface area contributed by atoms with E-state index in [1.54, 1.807) is 13.8 Å². The van der Waals surface area contributed by atoms with Gasteiger partial charge in [-0.3, -0.25) is 4.79 Å². The summed E-state index contributed by atoms with van der Waals surface area (Å²) >= 11 is 0. The zero-order chi connectivity index (χ0) is 14.0. The first-order valence-corrected chi connectivity index (χ1v) is 6.83. The molecule has 0 radical (unpaired) electrons. The molecule has 1 saturated carbocycles. The highest BCUT2D eigenvalue weighted by Gasteiger charge is 2.36. The number of carbonyl (C=O) groups is 1. The highest BCUT2D eigenvalue weighted by atomic mass is 16.4. The summed E-state index contributed by atoms with van der Waals surface area (Å²) in [4.78, 5) is 16.4. The first-order chi connectivity index (χ1) is 8.96. The molecule has 0 saturated heterocycles. The fourth-order valence-electron chi connectivity index (χ4n) is 3.00. The molecule has 1 aliphatic carbocycles. The lowest BCUT2D eigenvalue weighted by Crippen LogP contribution is -2.53. The molecule has 2 rings (SSSR count). The van der Waals surface area contributed by atoms with Crippen molar-refractivity contribution in [2.45, 2.75) is 52.0 Å². The fraction of sp³-hybridized carbons (Fsp3) is 0.714. The van der Waals surface area contributed by atoms with E-state index in [1.807, 2.05) is 0 Å². The molecule has 2 unspecified atom stereocenters. The van der Waals surface area contributed by atoms with Gasteiger partial charge < -0.3 is 14.8 Å². The molecule has 106 valence electrons. The number of amides is 1. The van der Waals surface area contributed by atoms with Gasteiger partial charge in [-0.25, -0.2) is 4.98 Å². The largest absolute Gasteiger partial charge is 0.436 e. The first kappa shape index (κ1) is 14.1. The monoisotopic (exact) mass is 266 g/mol. The van der Waals surface area contributed by atoms with Crippen LogP contribution in [0.1, 0.15) is 54.7 Å². The minimum absolute atomic E-state index is 0.0325. The Hall–Kier alpha value is -1.36. The summed E-state index contributed by atoms with van der Waals surface area (Å²) in [7, 11) is 0. The van der Waals surface area contributed by atoms with Gasteiger partial charge in [-0.15, -0.1) is 0 Å². The molecule has 0 bridgehead atoms. The SMILES string of the molecule is Cc1nc(C)c(C(=O)NC2(CO)CCCC(C)C2)o1. The Morgan fingerprint density at radius 2 is 2.32 bits per heavy atom. The number of carbonyl (C=O) groups excluding carboxylic acids is 1. The van der Waals surface area contributed by atoms with Crippen molar-refractivity contribution in [3.8, 4) is 0 Å². The van der Waals surface area contributed by atoms with Gasteiger partial charge in [-0.2, -0.15) is 0 Å². The van der Waals surface area contributed by atoms with E-state index in [2.05, 4.69) is 17.2 Å². The summed E-state index contributed by atoms with van der Waals surface area (Å²) in [5, 5.41) is 12.6. The predicted molar refractivity (Wildman–Crippen MR) is 70.9 cm³/mol. The van der Waals surface area contributed by atoms with E-state index in [0.717, 1.165) is 25.7 Å². The Bertz CT molecular complexity index is 469. The third-order valence-electron chi connectivity index (χ3n) is 3.88.